The molecule has 2 rings (SSSR count). The highest BCUT2D eigenvalue weighted by Crippen LogP contribution is 2.08. The molecule has 0 aliphatic heterocycles. The van der Waals surface area contributed by atoms with E-state index in [1.165, 1.54) is 10.6 Å². The van der Waals surface area contributed by atoms with Gasteiger partial charge in [0.25, 0.3) is 5.56 Å². The number of hydrogen-bond donors (Lipinski definition) is 2. The molecule has 1 aromatic carbocycles. The predicted molar refractivity (Wildman–Crippen MR) is 80.1 cm³/mol. The number of rotatable bonds is 3. The van der Waals surface area contributed by atoms with Crippen LogP contribution in [-0.2, 0) is 12.1 Å². The molecule has 1 aromatic heterocycles. The molecule has 0 amide bonds. The van der Waals surface area contributed by atoms with Crippen LogP contribution in [0.3, 0.4) is 0 Å². The molecule has 0 spiro atoms. The molecular formula is C15H19N3O2. The SMILES string of the molecule is CC(C)(C)n1c(=O)cc(NCc2ccccc2)[nH]c1=O. The molecule has 106 valence electrons. The zero-order chi connectivity index (χ0) is 14.8. The van der Waals surface area contributed by atoms with Crippen LogP contribution < -0.4 is 16.6 Å². The van der Waals surface area contributed by atoms with Gasteiger partial charge < -0.3 is 5.32 Å². The minimum atomic E-state index is -0.539. The monoisotopic (exact) mass is 273 g/mol. The van der Waals surface area contributed by atoms with E-state index in [0.717, 1.165) is 5.56 Å². The molecule has 0 aliphatic rings. The largest absolute Gasteiger partial charge is 0.367 e. The number of aromatic nitrogens is 2. The Kier molecular flexibility index (Phi) is 3.79. The van der Waals surface area contributed by atoms with Gasteiger partial charge in [0.2, 0.25) is 0 Å². The smallest absolute Gasteiger partial charge is 0.330 e. The van der Waals surface area contributed by atoms with Gasteiger partial charge >= 0.3 is 5.69 Å². The molecule has 0 bridgehead atoms. The van der Waals surface area contributed by atoms with E-state index in [9.17, 15) is 9.59 Å². The van der Waals surface area contributed by atoms with Crippen molar-refractivity contribution in [2.45, 2.75) is 32.9 Å². The van der Waals surface area contributed by atoms with Crippen LogP contribution in [0.5, 0.6) is 0 Å². The van der Waals surface area contributed by atoms with Gasteiger partial charge in [0.1, 0.15) is 5.82 Å². The quantitative estimate of drug-likeness (QED) is 0.897. The van der Waals surface area contributed by atoms with Crippen LogP contribution in [0.25, 0.3) is 0 Å². The maximum absolute atomic E-state index is 12.0. The minimum Gasteiger partial charge on any atom is -0.367 e. The van der Waals surface area contributed by atoms with E-state index in [1.807, 2.05) is 51.1 Å². The molecule has 5 heteroatoms. The van der Waals surface area contributed by atoms with Gasteiger partial charge in [-0.05, 0) is 26.3 Å². The number of benzene rings is 1. The van der Waals surface area contributed by atoms with Crippen LogP contribution in [0, 0.1) is 0 Å². The minimum absolute atomic E-state index is 0.309. The summed E-state index contributed by atoms with van der Waals surface area (Å²) in [6.45, 7) is 6.01. The third-order valence-electron chi connectivity index (χ3n) is 2.93. The molecule has 20 heavy (non-hydrogen) atoms. The van der Waals surface area contributed by atoms with E-state index in [-0.39, 0.29) is 5.56 Å². The summed E-state index contributed by atoms with van der Waals surface area (Å²) in [6, 6.07) is 11.2. The summed E-state index contributed by atoms with van der Waals surface area (Å²) in [4.78, 5) is 26.7. The Labute approximate surface area is 117 Å². The second-order valence-electron chi connectivity index (χ2n) is 5.67. The lowest BCUT2D eigenvalue weighted by atomic mass is 10.1. The first-order valence-corrected chi connectivity index (χ1v) is 6.52. The van der Waals surface area contributed by atoms with Gasteiger partial charge in [0.15, 0.2) is 0 Å². The molecule has 0 unspecified atom stereocenters. The fourth-order valence-electron chi connectivity index (χ4n) is 2.02. The van der Waals surface area contributed by atoms with Crippen LogP contribution in [-0.4, -0.2) is 9.55 Å². The van der Waals surface area contributed by atoms with Gasteiger partial charge in [-0.1, -0.05) is 30.3 Å². The summed E-state index contributed by atoms with van der Waals surface area (Å²) in [7, 11) is 0. The Morgan fingerprint density at radius 1 is 1.15 bits per heavy atom. The van der Waals surface area contributed by atoms with Crippen molar-refractivity contribution in [3.8, 4) is 0 Å². The fourth-order valence-corrected chi connectivity index (χ4v) is 2.02. The molecule has 5 nitrogen and oxygen atoms in total. The van der Waals surface area contributed by atoms with Gasteiger partial charge in [-0.2, -0.15) is 0 Å². The molecule has 0 saturated carbocycles. The van der Waals surface area contributed by atoms with Gasteiger partial charge in [0, 0.05) is 18.2 Å². The van der Waals surface area contributed by atoms with Gasteiger partial charge in [0.05, 0.1) is 0 Å². The van der Waals surface area contributed by atoms with Crippen molar-refractivity contribution in [1.29, 1.82) is 0 Å². The van der Waals surface area contributed by atoms with Crippen LogP contribution >= 0.6 is 0 Å². The average Bonchev–Trinajstić information content (AvgIpc) is 2.35. The molecule has 0 atom stereocenters. The maximum atomic E-state index is 12.0. The molecule has 0 radical (unpaired) electrons. The van der Waals surface area contributed by atoms with Gasteiger partial charge in [-0.25, -0.2) is 4.79 Å². The van der Waals surface area contributed by atoms with Crippen molar-refractivity contribution in [2.75, 3.05) is 5.32 Å². The van der Waals surface area contributed by atoms with E-state index in [4.69, 9.17) is 0 Å². The normalized spacial score (nSPS) is 11.3. The molecule has 1 heterocycles. The Morgan fingerprint density at radius 3 is 2.35 bits per heavy atom. The van der Waals surface area contributed by atoms with Crippen molar-refractivity contribution in [3.63, 3.8) is 0 Å². The molecule has 0 saturated heterocycles. The first-order valence-electron chi connectivity index (χ1n) is 6.52. The second-order valence-corrected chi connectivity index (χ2v) is 5.67. The molecule has 0 fully saturated rings. The van der Waals surface area contributed by atoms with E-state index in [2.05, 4.69) is 10.3 Å². The second kappa shape index (κ2) is 5.36. The van der Waals surface area contributed by atoms with Crippen molar-refractivity contribution >= 4 is 5.82 Å². The fraction of sp³-hybridized carbons (Fsp3) is 0.333. The highest BCUT2D eigenvalue weighted by molar-refractivity contribution is 5.33. The Balaban J connectivity index is 2.24. The third kappa shape index (κ3) is 3.17. The molecule has 2 aromatic rings. The maximum Gasteiger partial charge on any atom is 0.330 e. The Hall–Kier alpha value is -2.30. The van der Waals surface area contributed by atoms with Crippen molar-refractivity contribution < 1.29 is 0 Å². The summed E-state index contributed by atoms with van der Waals surface area (Å²) in [5.41, 5.74) is -0.173. The van der Waals surface area contributed by atoms with Crippen molar-refractivity contribution in [3.05, 3.63) is 62.8 Å². The number of nitrogens with one attached hydrogen (secondary N) is 2. The number of H-pyrrole nitrogens is 1. The summed E-state index contributed by atoms with van der Waals surface area (Å²) in [5, 5.41) is 3.05. The highest BCUT2D eigenvalue weighted by atomic mass is 16.2. The summed E-state index contributed by atoms with van der Waals surface area (Å²) in [6.07, 6.45) is 0. The topological polar surface area (TPSA) is 66.9 Å². The predicted octanol–water partition coefficient (Wildman–Crippen LogP) is 1.90. The van der Waals surface area contributed by atoms with Crippen LogP contribution in [0.4, 0.5) is 5.82 Å². The number of hydrogen-bond acceptors (Lipinski definition) is 3. The number of anilines is 1. The lowest BCUT2D eigenvalue weighted by Gasteiger charge is -2.21. The van der Waals surface area contributed by atoms with Crippen LogP contribution in [0.2, 0.25) is 0 Å². The summed E-state index contributed by atoms with van der Waals surface area (Å²) < 4.78 is 1.21. The molecule has 2 N–H and O–H groups in total. The van der Waals surface area contributed by atoms with E-state index in [0.29, 0.717) is 12.4 Å². The number of nitrogens with zero attached hydrogens (tertiary/aromatic N) is 1. The third-order valence-corrected chi connectivity index (χ3v) is 2.93. The number of aromatic amines is 1. The van der Waals surface area contributed by atoms with Crippen molar-refractivity contribution in [1.82, 2.24) is 9.55 Å². The first kappa shape index (κ1) is 14.1. The van der Waals surface area contributed by atoms with Gasteiger partial charge in [-0.15, -0.1) is 0 Å². The molecule has 0 aliphatic carbocycles. The standard InChI is InChI=1S/C15H19N3O2/c1-15(2,3)18-13(19)9-12(17-14(18)20)16-10-11-7-5-4-6-8-11/h4-9,16H,10H2,1-3H3,(H,17,20). The van der Waals surface area contributed by atoms with Crippen molar-refractivity contribution in [2.24, 2.45) is 0 Å². The average molecular weight is 273 g/mol. The zero-order valence-electron chi connectivity index (χ0n) is 11.9. The molecular weight excluding hydrogens is 254 g/mol. The highest BCUT2D eigenvalue weighted by Gasteiger charge is 2.18. The summed E-state index contributed by atoms with van der Waals surface area (Å²) >= 11 is 0. The lowest BCUT2D eigenvalue weighted by molar-refractivity contribution is 0.367. The Morgan fingerprint density at radius 2 is 1.80 bits per heavy atom. The van der Waals surface area contributed by atoms with E-state index in [1.54, 1.807) is 0 Å². The van der Waals surface area contributed by atoms with E-state index < -0.39 is 11.2 Å². The van der Waals surface area contributed by atoms with Crippen LogP contribution in [0.1, 0.15) is 26.3 Å². The Bertz CT molecular complexity index is 662. The lowest BCUT2D eigenvalue weighted by Crippen LogP contribution is -2.44. The zero-order valence-corrected chi connectivity index (χ0v) is 11.9. The van der Waals surface area contributed by atoms with Gasteiger partial charge in [-0.3, -0.25) is 14.3 Å². The van der Waals surface area contributed by atoms with E-state index >= 15 is 0 Å². The van der Waals surface area contributed by atoms with Crippen LogP contribution in [0.15, 0.2) is 46.0 Å². The summed E-state index contributed by atoms with van der Waals surface area (Å²) in [5.74, 6) is 0.435. The first-order chi connectivity index (χ1) is 9.38.